The zero-order chi connectivity index (χ0) is 24.9. The zero-order valence-electron chi connectivity index (χ0n) is 17.0. The Bertz CT molecular complexity index is 1250. The van der Waals surface area contributed by atoms with Crippen LogP contribution in [0.2, 0.25) is 5.02 Å². The quantitative estimate of drug-likeness (QED) is 0.439. The molecule has 1 aromatic heterocycles. The number of carbonyl (C=O) groups is 3. The van der Waals surface area contributed by atoms with E-state index < -0.39 is 47.5 Å². The van der Waals surface area contributed by atoms with Crippen LogP contribution < -0.4 is 16.0 Å². The van der Waals surface area contributed by atoms with Crippen molar-refractivity contribution >= 4 is 40.7 Å². The van der Waals surface area contributed by atoms with Crippen LogP contribution in [0.25, 0.3) is 0 Å². The standard InChI is InChI=1S/C22H15ClF4N4O3/c23-15-5-2-1-4-13(15)20(33)31-17-6-3-9-28-19(17)21(34)29-11-18(32)30-16-8-7-12(24)10-14(16)22(25,26)27/h1-10H,11H2,(H,29,34)(H,30,32)(H,31,33). The second-order valence-corrected chi connectivity index (χ2v) is 7.16. The van der Waals surface area contributed by atoms with Gasteiger partial charge in [0.15, 0.2) is 5.69 Å². The summed E-state index contributed by atoms with van der Waals surface area (Å²) in [5, 5.41) is 6.87. The van der Waals surface area contributed by atoms with Crippen LogP contribution in [0.5, 0.6) is 0 Å². The largest absolute Gasteiger partial charge is 0.418 e. The molecular formula is C22H15ClF4N4O3. The minimum absolute atomic E-state index is 0.0169. The Hall–Kier alpha value is -3.99. The Labute approximate surface area is 195 Å². The molecule has 0 spiro atoms. The van der Waals surface area contributed by atoms with E-state index in [1.54, 1.807) is 12.1 Å². The lowest BCUT2D eigenvalue weighted by atomic mass is 10.1. The third-order valence-electron chi connectivity index (χ3n) is 4.36. The van der Waals surface area contributed by atoms with Gasteiger partial charge in [-0.15, -0.1) is 0 Å². The third kappa shape index (κ3) is 6.07. The van der Waals surface area contributed by atoms with Crippen LogP contribution in [0.4, 0.5) is 28.9 Å². The first-order valence-corrected chi connectivity index (χ1v) is 9.89. The molecule has 3 rings (SSSR count). The molecule has 0 aliphatic carbocycles. The van der Waals surface area contributed by atoms with E-state index in [2.05, 4.69) is 15.6 Å². The molecule has 0 saturated carbocycles. The van der Waals surface area contributed by atoms with Gasteiger partial charge in [0.1, 0.15) is 5.82 Å². The molecule has 0 aliphatic rings. The van der Waals surface area contributed by atoms with Gasteiger partial charge in [-0.05, 0) is 42.5 Å². The molecule has 2 aromatic carbocycles. The van der Waals surface area contributed by atoms with E-state index in [1.165, 1.54) is 30.5 Å². The normalized spacial score (nSPS) is 11.0. The molecule has 12 heteroatoms. The number of hydrogen-bond acceptors (Lipinski definition) is 4. The number of benzene rings is 2. The number of nitrogens with one attached hydrogen (secondary N) is 3. The minimum atomic E-state index is -4.91. The van der Waals surface area contributed by atoms with Crippen molar-refractivity contribution in [1.29, 1.82) is 0 Å². The first-order chi connectivity index (χ1) is 16.1. The van der Waals surface area contributed by atoms with Gasteiger partial charge < -0.3 is 16.0 Å². The highest BCUT2D eigenvalue weighted by Crippen LogP contribution is 2.35. The smallest absolute Gasteiger partial charge is 0.342 e. The number of anilines is 2. The second kappa shape index (κ2) is 10.3. The highest BCUT2D eigenvalue weighted by Gasteiger charge is 2.34. The Balaban J connectivity index is 1.68. The topological polar surface area (TPSA) is 100 Å². The van der Waals surface area contributed by atoms with E-state index >= 15 is 0 Å². The summed E-state index contributed by atoms with van der Waals surface area (Å²) in [4.78, 5) is 41.0. The van der Waals surface area contributed by atoms with E-state index in [0.717, 1.165) is 12.1 Å². The first-order valence-electron chi connectivity index (χ1n) is 9.52. The van der Waals surface area contributed by atoms with Gasteiger partial charge in [-0.2, -0.15) is 13.2 Å². The summed E-state index contributed by atoms with van der Waals surface area (Å²) in [5.41, 5.74) is -2.12. The summed E-state index contributed by atoms with van der Waals surface area (Å²) >= 11 is 6.00. The summed E-state index contributed by atoms with van der Waals surface area (Å²) in [6.07, 6.45) is -3.63. The summed E-state index contributed by atoms with van der Waals surface area (Å²) in [6.45, 7) is -0.720. The maximum Gasteiger partial charge on any atom is 0.418 e. The highest BCUT2D eigenvalue weighted by molar-refractivity contribution is 6.34. The average Bonchev–Trinajstić information content (AvgIpc) is 2.78. The van der Waals surface area contributed by atoms with Gasteiger partial charge in [0.05, 0.1) is 34.1 Å². The lowest BCUT2D eigenvalue weighted by molar-refractivity contribution is -0.137. The predicted molar refractivity (Wildman–Crippen MR) is 116 cm³/mol. The number of nitrogens with zero attached hydrogens (tertiary/aromatic N) is 1. The van der Waals surface area contributed by atoms with E-state index in [-0.39, 0.29) is 28.0 Å². The van der Waals surface area contributed by atoms with Crippen LogP contribution >= 0.6 is 11.6 Å². The molecule has 0 bridgehead atoms. The number of amides is 3. The second-order valence-electron chi connectivity index (χ2n) is 6.75. The van der Waals surface area contributed by atoms with E-state index in [9.17, 15) is 31.9 Å². The Morgan fingerprint density at radius 2 is 1.65 bits per heavy atom. The molecule has 34 heavy (non-hydrogen) atoms. The van der Waals surface area contributed by atoms with Gasteiger partial charge in [-0.3, -0.25) is 14.4 Å². The fourth-order valence-corrected chi connectivity index (χ4v) is 3.04. The van der Waals surface area contributed by atoms with Crippen LogP contribution in [-0.2, 0) is 11.0 Å². The molecule has 1 heterocycles. The number of hydrogen-bond donors (Lipinski definition) is 3. The van der Waals surface area contributed by atoms with Crippen molar-refractivity contribution in [1.82, 2.24) is 10.3 Å². The van der Waals surface area contributed by atoms with Crippen molar-refractivity contribution in [3.63, 3.8) is 0 Å². The average molecular weight is 495 g/mol. The monoisotopic (exact) mass is 494 g/mol. The number of alkyl halides is 3. The fraction of sp³-hybridized carbons (Fsp3) is 0.0909. The molecule has 0 saturated heterocycles. The summed E-state index contributed by atoms with van der Waals surface area (Å²) in [5.74, 6) is -3.61. The lowest BCUT2D eigenvalue weighted by Crippen LogP contribution is -2.34. The number of rotatable bonds is 6. The van der Waals surface area contributed by atoms with Crippen LogP contribution in [0.15, 0.2) is 60.8 Å². The maximum atomic E-state index is 13.2. The molecule has 176 valence electrons. The molecule has 0 radical (unpaired) electrons. The lowest BCUT2D eigenvalue weighted by Gasteiger charge is -2.14. The Morgan fingerprint density at radius 1 is 0.912 bits per heavy atom. The van der Waals surface area contributed by atoms with Gasteiger partial charge in [0, 0.05) is 6.20 Å². The number of aromatic nitrogens is 1. The van der Waals surface area contributed by atoms with Crippen LogP contribution in [0.3, 0.4) is 0 Å². The molecule has 7 nitrogen and oxygen atoms in total. The zero-order valence-corrected chi connectivity index (χ0v) is 17.8. The SMILES string of the molecule is O=C(CNC(=O)c1ncccc1NC(=O)c1ccccc1Cl)Nc1ccc(F)cc1C(F)(F)F. The van der Waals surface area contributed by atoms with Gasteiger partial charge in [-0.1, -0.05) is 23.7 Å². The Morgan fingerprint density at radius 3 is 2.35 bits per heavy atom. The van der Waals surface area contributed by atoms with E-state index in [1.807, 2.05) is 5.32 Å². The van der Waals surface area contributed by atoms with Crippen LogP contribution in [0, 0.1) is 5.82 Å². The molecule has 0 atom stereocenters. The van der Waals surface area contributed by atoms with Crippen molar-refractivity contribution < 1.29 is 31.9 Å². The highest BCUT2D eigenvalue weighted by atomic mass is 35.5. The van der Waals surface area contributed by atoms with Crippen molar-refractivity contribution in [3.8, 4) is 0 Å². The van der Waals surface area contributed by atoms with Crippen LogP contribution in [-0.4, -0.2) is 29.3 Å². The molecule has 3 amide bonds. The van der Waals surface area contributed by atoms with Gasteiger partial charge >= 0.3 is 6.18 Å². The molecule has 0 aliphatic heterocycles. The summed E-state index contributed by atoms with van der Waals surface area (Å²) in [6, 6.07) is 10.8. The minimum Gasteiger partial charge on any atom is -0.342 e. The van der Waals surface area contributed by atoms with Crippen molar-refractivity contribution in [2.24, 2.45) is 0 Å². The Kier molecular flexibility index (Phi) is 7.47. The van der Waals surface area contributed by atoms with Crippen molar-refractivity contribution in [2.45, 2.75) is 6.18 Å². The molecule has 3 aromatic rings. The maximum absolute atomic E-state index is 13.2. The van der Waals surface area contributed by atoms with E-state index in [0.29, 0.717) is 0 Å². The van der Waals surface area contributed by atoms with Gasteiger partial charge in [0.25, 0.3) is 11.8 Å². The van der Waals surface area contributed by atoms with E-state index in [4.69, 9.17) is 11.6 Å². The summed E-state index contributed by atoms with van der Waals surface area (Å²) in [7, 11) is 0. The number of carbonyl (C=O) groups excluding carboxylic acids is 3. The predicted octanol–water partition coefficient (Wildman–Crippen LogP) is 4.51. The molecule has 0 unspecified atom stereocenters. The fourth-order valence-electron chi connectivity index (χ4n) is 2.82. The van der Waals surface area contributed by atoms with Crippen LogP contribution in [0.1, 0.15) is 26.4 Å². The first kappa shape index (κ1) is 24.6. The molecule has 3 N–H and O–H groups in total. The van der Waals surface area contributed by atoms with Gasteiger partial charge in [0.2, 0.25) is 5.91 Å². The van der Waals surface area contributed by atoms with Gasteiger partial charge in [-0.25, -0.2) is 9.37 Å². The number of halogens is 5. The molecular weight excluding hydrogens is 480 g/mol. The van der Waals surface area contributed by atoms with Crippen molar-refractivity contribution in [2.75, 3.05) is 17.2 Å². The summed E-state index contributed by atoms with van der Waals surface area (Å²) < 4.78 is 52.4. The molecule has 0 fully saturated rings. The third-order valence-corrected chi connectivity index (χ3v) is 4.69. The van der Waals surface area contributed by atoms with Crippen molar-refractivity contribution in [3.05, 3.63) is 88.5 Å². The number of pyridine rings is 1.